The van der Waals surface area contributed by atoms with E-state index in [1.807, 2.05) is 27.2 Å². The molecule has 170 valence electrons. The maximum atomic E-state index is 9.62. The normalized spacial score (nSPS) is 25.2. The zero-order valence-corrected chi connectivity index (χ0v) is 19.7. The molecule has 5 heterocycles. The summed E-state index contributed by atoms with van der Waals surface area (Å²) in [7, 11) is 1.81. The minimum absolute atomic E-state index is 0.105. The summed E-state index contributed by atoms with van der Waals surface area (Å²) in [4.78, 5) is 20.9. The van der Waals surface area contributed by atoms with Gasteiger partial charge < -0.3 is 15.0 Å². The molecule has 0 bridgehead atoms. The molecule has 0 amide bonds. The molecule has 32 heavy (non-hydrogen) atoms. The lowest BCUT2D eigenvalue weighted by Crippen LogP contribution is -2.73. The van der Waals surface area contributed by atoms with Gasteiger partial charge >= 0.3 is 0 Å². The fourth-order valence-corrected chi connectivity index (χ4v) is 6.00. The van der Waals surface area contributed by atoms with Crippen molar-refractivity contribution in [1.82, 2.24) is 24.8 Å². The molecule has 3 fully saturated rings. The van der Waals surface area contributed by atoms with Crippen molar-refractivity contribution >= 4 is 28.1 Å². The topological polar surface area (TPSA) is 93.4 Å². The highest BCUT2D eigenvalue weighted by Gasteiger charge is 2.51. The molecule has 0 aromatic carbocycles. The van der Waals surface area contributed by atoms with Gasteiger partial charge in [-0.1, -0.05) is 0 Å². The molecule has 3 aliphatic heterocycles. The molecular weight excluding hydrogens is 424 g/mol. The summed E-state index contributed by atoms with van der Waals surface area (Å²) < 4.78 is 5.61. The molecule has 9 nitrogen and oxygen atoms in total. The number of ether oxygens (including phenoxy) is 1. The van der Waals surface area contributed by atoms with Gasteiger partial charge in [0.25, 0.3) is 0 Å². The molecule has 0 aliphatic carbocycles. The highest BCUT2D eigenvalue weighted by molar-refractivity contribution is 7.15. The summed E-state index contributed by atoms with van der Waals surface area (Å²) in [5.74, 6) is 1.52. The van der Waals surface area contributed by atoms with E-state index >= 15 is 0 Å². The Balaban J connectivity index is 1.29. The zero-order chi connectivity index (χ0) is 22.3. The van der Waals surface area contributed by atoms with Gasteiger partial charge in [0.15, 0.2) is 0 Å². The molecular formula is C22H30N8OS. The highest BCUT2D eigenvalue weighted by atomic mass is 32.1. The number of rotatable bonds is 6. The van der Waals surface area contributed by atoms with E-state index in [9.17, 15) is 5.26 Å². The predicted octanol–water partition coefficient (Wildman–Crippen LogP) is 2.17. The molecule has 0 unspecified atom stereocenters. The number of hydrogen-bond donors (Lipinski definition) is 1. The molecule has 3 aliphatic rings. The number of fused-ring (bicyclic) bond motifs is 1. The average Bonchev–Trinajstić information content (AvgIpc) is 3.37. The van der Waals surface area contributed by atoms with Crippen molar-refractivity contribution in [1.29, 1.82) is 5.26 Å². The first-order valence-corrected chi connectivity index (χ1v) is 12.0. The van der Waals surface area contributed by atoms with Crippen molar-refractivity contribution < 1.29 is 4.74 Å². The van der Waals surface area contributed by atoms with Crippen LogP contribution in [0.3, 0.4) is 0 Å². The van der Waals surface area contributed by atoms with Crippen LogP contribution in [0, 0.1) is 25.2 Å². The third-order valence-corrected chi connectivity index (χ3v) is 7.89. The highest BCUT2D eigenvalue weighted by Crippen LogP contribution is 2.38. The van der Waals surface area contributed by atoms with Gasteiger partial charge in [-0.3, -0.25) is 9.80 Å². The minimum Gasteiger partial charge on any atom is -0.380 e. The summed E-state index contributed by atoms with van der Waals surface area (Å²) in [5, 5.41) is 14.8. The fraction of sp³-hybridized carbons (Fsp3) is 0.636. The summed E-state index contributed by atoms with van der Waals surface area (Å²) >= 11 is 1.58. The second kappa shape index (κ2) is 8.56. The second-order valence-electron chi connectivity index (χ2n) is 9.17. The lowest BCUT2D eigenvalue weighted by molar-refractivity contribution is -0.000801. The van der Waals surface area contributed by atoms with Crippen molar-refractivity contribution in [3.05, 3.63) is 23.0 Å². The quantitative estimate of drug-likeness (QED) is 0.705. The summed E-state index contributed by atoms with van der Waals surface area (Å²) in [6.07, 6.45) is 5.63. The van der Waals surface area contributed by atoms with Gasteiger partial charge in [0.05, 0.1) is 35.3 Å². The Labute approximate surface area is 193 Å². The second-order valence-corrected chi connectivity index (χ2v) is 10.4. The molecule has 2 aromatic heterocycles. The van der Waals surface area contributed by atoms with E-state index < -0.39 is 0 Å². The van der Waals surface area contributed by atoms with Gasteiger partial charge in [0.2, 0.25) is 5.95 Å². The molecule has 0 radical (unpaired) electrons. The van der Waals surface area contributed by atoms with Crippen molar-refractivity contribution in [2.75, 3.05) is 56.6 Å². The zero-order valence-electron chi connectivity index (χ0n) is 18.9. The van der Waals surface area contributed by atoms with Crippen LogP contribution in [0.2, 0.25) is 0 Å². The summed E-state index contributed by atoms with van der Waals surface area (Å²) in [6, 6.07) is 2.99. The Morgan fingerprint density at radius 3 is 2.81 bits per heavy atom. The van der Waals surface area contributed by atoms with Crippen molar-refractivity contribution in [3.8, 4) is 6.07 Å². The smallest absolute Gasteiger partial charge is 0.229 e. The molecule has 2 atom stereocenters. The Kier molecular flexibility index (Phi) is 5.75. The molecule has 3 saturated heterocycles. The van der Waals surface area contributed by atoms with E-state index in [2.05, 4.69) is 36.1 Å². The largest absolute Gasteiger partial charge is 0.380 e. The van der Waals surface area contributed by atoms with Crippen LogP contribution in [-0.2, 0) is 4.74 Å². The molecule has 1 N–H and O–H groups in total. The van der Waals surface area contributed by atoms with Gasteiger partial charge in [-0.05, 0) is 20.3 Å². The van der Waals surface area contributed by atoms with Crippen LogP contribution in [0.1, 0.15) is 23.4 Å². The van der Waals surface area contributed by atoms with Gasteiger partial charge in [-0.25, -0.2) is 9.97 Å². The summed E-state index contributed by atoms with van der Waals surface area (Å²) in [5.41, 5.74) is 0.941. The third kappa shape index (κ3) is 3.94. The number of piperazine rings is 1. The molecule has 0 spiro atoms. The van der Waals surface area contributed by atoms with Crippen LogP contribution in [-0.4, -0.2) is 88.8 Å². The van der Waals surface area contributed by atoms with Crippen LogP contribution in [0.4, 0.5) is 16.8 Å². The molecule has 2 aromatic rings. The fourth-order valence-electron chi connectivity index (χ4n) is 5.33. The van der Waals surface area contributed by atoms with Crippen LogP contribution >= 0.6 is 11.3 Å². The number of aryl methyl sites for hydroxylation is 2. The number of thiazole rings is 1. The Morgan fingerprint density at radius 2 is 2.09 bits per heavy atom. The number of nitrogens with one attached hydrogen (secondary N) is 1. The molecule has 5 rings (SSSR count). The van der Waals surface area contributed by atoms with E-state index in [1.54, 1.807) is 17.5 Å². The lowest BCUT2D eigenvalue weighted by atomic mass is 9.83. The predicted molar refractivity (Wildman–Crippen MR) is 124 cm³/mol. The molecule has 0 saturated carbocycles. The van der Waals surface area contributed by atoms with Crippen LogP contribution < -0.4 is 10.2 Å². The van der Waals surface area contributed by atoms with Gasteiger partial charge in [-0.2, -0.15) is 10.2 Å². The van der Waals surface area contributed by atoms with E-state index in [-0.39, 0.29) is 5.54 Å². The maximum absolute atomic E-state index is 9.62. The monoisotopic (exact) mass is 454 g/mol. The Bertz CT molecular complexity index is 1010. The van der Waals surface area contributed by atoms with Crippen LogP contribution in [0.15, 0.2) is 12.4 Å². The number of anilines is 3. The van der Waals surface area contributed by atoms with Crippen molar-refractivity contribution in [2.24, 2.45) is 0 Å². The van der Waals surface area contributed by atoms with Crippen LogP contribution in [0.5, 0.6) is 0 Å². The standard InChI is InChI=1S/C22H30N8OS/c1-15-9-25-21(26-19-10-24-16(2)32-19)27-20(15)29-13-22(14-29,4-5-23)30-7-6-28-12-18(31-3)8-17(28)11-30/h9-10,17-18H,4,6-8,11-14H2,1-3H3,(H,25,26,27)/t17-,18+/m0/s1. The first kappa shape index (κ1) is 21.5. The number of aromatic nitrogens is 3. The number of nitrogens with zero attached hydrogens (tertiary/aromatic N) is 7. The molecule has 10 heteroatoms. The first-order chi connectivity index (χ1) is 15.5. The number of hydrogen-bond acceptors (Lipinski definition) is 10. The van der Waals surface area contributed by atoms with E-state index in [0.29, 0.717) is 24.5 Å². The third-order valence-electron chi connectivity index (χ3n) is 7.06. The summed E-state index contributed by atoms with van der Waals surface area (Å²) in [6.45, 7) is 9.75. The van der Waals surface area contributed by atoms with Crippen molar-refractivity contribution in [2.45, 2.75) is 44.4 Å². The Hall–Kier alpha value is -2.32. The maximum Gasteiger partial charge on any atom is 0.229 e. The van der Waals surface area contributed by atoms with Crippen LogP contribution in [0.25, 0.3) is 0 Å². The van der Waals surface area contributed by atoms with Gasteiger partial charge in [-0.15, -0.1) is 11.3 Å². The minimum atomic E-state index is -0.105. The van der Waals surface area contributed by atoms with E-state index in [1.165, 1.54) is 0 Å². The van der Waals surface area contributed by atoms with Gasteiger partial charge in [0, 0.05) is 64.2 Å². The SMILES string of the molecule is CO[C@@H]1C[C@H]2CN(C3(CC#N)CN(c4nc(Nc5cnc(C)s5)ncc4C)C3)CCN2C1. The lowest BCUT2D eigenvalue weighted by Gasteiger charge is -2.58. The van der Waals surface area contributed by atoms with E-state index in [0.717, 1.165) is 67.1 Å². The number of methoxy groups -OCH3 is 1. The Morgan fingerprint density at radius 1 is 1.25 bits per heavy atom. The van der Waals surface area contributed by atoms with E-state index in [4.69, 9.17) is 9.72 Å². The number of nitriles is 1. The first-order valence-electron chi connectivity index (χ1n) is 11.2. The average molecular weight is 455 g/mol. The van der Waals surface area contributed by atoms with Crippen molar-refractivity contribution in [3.63, 3.8) is 0 Å². The van der Waals surface area contributed by atoms with Gasteiger partial charge in [0.1, 0.15) is 10.8 Å².